The molecule has 1 aromatic rings. The molecule has 1 aromatic carbocycles. The van der Waals surface area contributed by atoms with Crippen molar-refractivity contribution in [2.75, 3.05) is 27.4 Å². The van der Waals surface area contributed by atoms with E-state index in [1.807, 2.05) is 12.2 Å². The Morgan fingerprint density at radius 3 is 2.62 bits per heavy atom. The summed E-state index contributed by atoms with van der Waals surface area (Å²) in [6.07, 6.45) is 1.80. The minimum Gasteiger partial charge on any atom is -0.496 e. The number of amides is 3. The van der Waals surface area contributed by atoms with E-state index < -0.39 is 18.4 Å². The van der Waals surface area contributed by atoms with Crippen molar-refractivity contribution in [2.45, 2.75) is 38.1 Å². The molecule has 2 aliphatic heterocycles. The van der Waals surface area contributed by atoms with E-state index in [9.17, 15) is 22.8 Å². The summed E-state index contributed by atoms with van der Waals surface area (Å²) in [7, 11) is 3.03. The third-order valence-electron chi connectivity index (χ3n) is 6.06. The Bertz CT molecular complexity index is 1170. The molecule has 37 heavy (non-hydrogen) atoms. The Labute approximate surface area is 211 Å². The van der Waals surface area contributed by atoms with E-state index >= 15 is 0 Å². The summed E-state index contributed by atoms with van der Waals surface area (Å²) in [5.41, 5.74) is 2.81. The van der Waals surface area contributed by atoms with Crippen molar-refractivity contribution >= 4 is 17.6 Å². The number of methoxy groups -OCH3 is 2. The highest BCUT2D eigenvalue weighted by Crippen LogP contribution is 2.31. The highest BCUT2D eigenvalue weighted by Gasteiger charge is 2.34. The number of hydrogen-bond donors (Lipinski definition) is 2. The fourth-order valence-electron chi connectivity index (χ4n) is 4.40. The first kappa shape index (κ1) is 26.3. The van der Waals surface area contributed by atoms with Crippen LogP contribution in [0.15, 0.2) is 64.3 Å². The number of aliphatic imine (C=N–C) groups is 1. The van der Waals surface area contributed by atoms with Gasteiger partial charge in [0.15, 0.2) is 5.82 Å². The van der Waals surface area contributed by atoms with E-state index in [1.165, 1.54) is 24.1 Å². The van der Waals surface area contributed by atoms with Gasteiger partial charge in [-0.25, -0.2) is 9.79 Å². The molecule has 12 heteroatoms. The van der Waals surface area contributed by atoms with Crippen LogP contribution < -0.4 is 15.4 Å². The zero-order chi connectivity index (χ0) is 26.6. The van der Waals surface area contributed by atoms with E-state index in [2.05, 4.69) is 15.4 Å². The van der Waals surface area contributed by atoms with Gasteiger partial charge in [0.25, 0.3) is 0 Å². The molecule has 0 aromatic heterocycles. The number of halogens is 3. The predicted octanol–water partition coefficient (Wildman–Crippen LogP) is 4.07. The molecule has 0 saturated carbocycles. The lowest BCUT2D eigenvalue weighted by atomic mass is 9.94. The largest absolute Gasteiger partial charge is 0.573 e. The van der Waals surface area contributed by atoms with Crippen molar-refractivity contribution in [2.24, 2.45) is 4.99 Å². The summed E-state index contributed by atoms with van der Waals surface area (Å²) in [4.78, 5) is 31.8. The number of nitrogens with zero attached hydrogens (tertiary/aromatic N) is 2. The van der Waals surface area contributed by atoms with E-state index in [4.69, 9.17) is 14.5 Å². The van der Waals surface area contributed by atoms with E-state index in [0.29, 0.717) is 29.9 Å². The molecule has 198 valence electrons. The summed E-state index contributed by atoms with van der Waals surface area (Å²) < 4.78 is 52.1. The van der Waals surface area contributed by atoms with Crippen molar-refractivity contribution < 1.29 is 37.0 Å². The summed E-state index contributed by atoms with van der Waals surface area (Å²) in [6.45, 7) is -0.197. The van der Waals surface area contributed by atoms with Gasteiger partial charge in [-0.2, -0.15) is 0 Å². The molecule has 1 aliphatic carbocycles. The van der Waals surface area contributed by atoms with Crippen molar-refractivity contribution in [1.29, 1.82) is 0 Å². The van der Waals surface area contributed by atoms with Crippen molar-refractivity contribution in [3.05, 3.63) is 64.8 Å². The molecular formula is C25H27F3N4O5. The molecule has 0 saturated heterocycles. The number of hydrogen-bond acceptors (Lipinski definition) is 6. The number of carbonyl (C=O) groups excluding carboxylic acids is 2. The normalized spacial score (nSPS) is 18.7. The van der Waals surface area contributed by atoms with Crippen LogP contribution in [0.4, 0.5) is 18.0 Å². The molecule has 9 nitrogen and oxygen atoms in total. The second kappa shape index (κ2) is 11.1. The Balaban J connectivity index is 1.57. The molecule has 2 N–H and O–H groups in total. The van der Waals surface area contributed by atoms with Crippen LogP contribution in [0.2, 0.25) is 0 Å². The predicted molar refractivity (Wildman–Crippen MR) is 127 cm³/mol. The monoisotopic (exact) mass is 520 g/mol. The number of allylic oxidation sites excluding steroid dienone is 4. The molecule has 0 radical (unpaired) electrons. The van der Waals surface area contributed by atoms with Gasteiger partial charge in [0, 0.05) is 12.7 Å². The van der Waals surface area contributed by atoms with Crippen LogP contribution in [-0.2, 0) is 14.3 Å². The second-order valence-corrected chi connectivity index (χ2v) is 8.56. The van der Waals surface area contributed by atoms with Gasteiger partial charge in [-0.05, 0) is 49.5 Å². The quantitative estimate of drug-likeness (QED) is 0.565. The van der Waals surface area contributed by atoms with Crippen molar-refractivity contribution in [3.8, 4) is 5.75 Å². The zero-order valence-electron chi connectivity index (χ0n) is 20.4. The van der Waals surface area contributed by atoms with Gasteiger partial charge < -0.3 is 24.8 Å². The van der Waals surface area contributed by atoms with Crippen LogP contribution in [-0.4, -0.2) is 56.3 Å². The average Bonchev–Trinajstić information content (AvgIpc) is 2.87. The first-order chi connectivity index (χ1) is 17.7. The van der Waals surface area contributed by atoms with Crippen LogP contribution >= 0.6 is 0 Å². The maximum absolute atomic E-state index is 13.4. The number of benzene rings is 1. The maximum Gasteiger partial charge on any atom is 0.573 e. The lowest BCUT2D eigenvalue weighted by Gasteiger charge is -2.34. The Morgan fingerprint density at radius 2 is 1.95 bits per heavy atom. The zero-order valence-corrected chi connectivity index (χ0v) is 20.4. The number of ether oxygens (including phenoxy) is 3. The number of urea groups is 1. The molecular weight excluding hydrogens is 493 g/mol. The molecule has 0 fully saturated rings. The van der Waals surface area contributed by atoms with Crippen molar-refractivity contribution in [1.82, 2.24) is 15.5 Å². The van der Waals surface area contributed by atoms with Crippen LogP contribution in [0.1, 0.15) is 37.3 Å². The maximum atomic E-state index is 13.4. The Kier molecular flexibility index (Phi) is 7.86. The van der Waals surface area contributed by atoms with Crippen LogP contribution in [0, 0.1) is 0 Å². The van der Waals surface area contributed by atoms with E-state index in [1.54, 1.807) is 7.11 Å². The third kappa shape index (κ3) is 6.31. The highest BCUT2D eigenvalue weighted by atomic mass is 19.4. The highest BCUT2D eigenvalue weighted by molar-refractivity contribution is 6.03. The summed E-state index contributed by atoms with van der Waals surface area (Å²) in [6, 6.07) is 3.84. The van der Waals surface area contributed by atoms with Crippen LogP contribution in [0.25, 0.3) is 0 Å². The van der Waals surface area contributed by atoms with Gasteiger partial charge >= 0.3 is 12.4 Å². The average molecular weight is 521 g/mol. The molecule has 0 bridgehead atoms. The number of carbonyl (C=O) groups is 2. The second-order valence-electron chi connectivity index (χ2n) is 8.56. The first-order valence-corrected chi connectivity index (χ1v) is 11.7. The van der Waals surface area contributed by atoms with Gasteiger partial charge in [0.05, 0.1) is 31.2 Å². The first-order valence-electron chi connectivity index (χ1n) is 11.7. The Morgan fingerprint density at radius 1 is 1.19 bits per heavy atom. The molecule has 1 unspecified atom stereocenters. The van der Waals surface area contributed by atoms with E-state index in [-0.39, 0.29) is 24.8 Å². The summed E-state index contributed by atoms with van der Waals surface area (Å²) in [5.74, 6) is 0.346. The fourth-order valence-corrected chi connectivity index (χ4v) is 4.40. The lowest BCUT2D eigenvalue weighted by Crippen LogP contribution is -2.51. The standard InChI is InChI=1S/C25H27F3N4O5/c1-35-14-20(15-7-9-16(10-8-15)37-25(26,27)28)31-24(34)32-13-22(33)29-19-12-11-18(30-23(19)32)17-5-3-4-6-21(17)36-2/h4,6-10,20H,3,5,11-14H2,1-2H3,(H,29,33)(H,31,34). The number of nitrogens with one attached hydrogen (secondary N) is 2. The summed E-state index contributed by atoms with van der Waals surface area (Å²) >= 11 is 0. The molecule has 4 rings (SSSR count). The molecule has 1 atom stereocenters. The van der Waals surface area contributed by atoms with Gasteiger partial charge in [-0.1, -0.05) is 18.2 Å². The van der Waals surface area contributed by atoms with Crippen LogP contribution in [0.3, 0.4) is 0 Å². The summed E-state index contributed by atoms with van der Waals surface area (Å²) in [5, 5.41) is 5.61. The third-order valence-corrected chi connectivity index (χ3v) is 6.06. The van der Waals surface area contributed by atoms with Gasteiger partial charge in [-0.15, -0.1) is 13.2 Å². The molecule has 3 aliphatic rings. The minimum absolute atomic E-state index is 0.0437. The fraction of sp³-hybridized carbons (Fsp3) is 0.400. The molecule has 2 heterocycles. The van der Waals surface area contributed by atoms with Crippen LogP contribution in [0.5, 0.6) is 5.75 Å². The SMILES string of the molecule is COCC(NC(=O)N1CC(=O)NC2=C1N=C(C1=C(OC)C=CCC1)CC2)c1ccc(OC(F)(F)F)cc1. The smallest absolute Gasteiger partial charge is 0.496 e. The van der Waals surface area contributed by atoms with Gasteiger partial charge in [-0.3, -0.25) is 9.69 Å². The Hall–Kier alpha value is -3.80. The molecule has 3 amide bonds. The molecule has 0 spiro atoms. The van der Waals surface area contributed by atoms with Crippen molar-refractivity contribution in [3.63, 3.8) is 0 Å². The van der Waals surface area contributed by atoms with Gasteiger partial charge in [0.2, 0.25) is 5.91 Å². The minimum atomic E-state index is -4.81. The lowest BCUT2D eigenvalue weighted by molar-refractivity contribution is -0.274. The van der Waals surface area contributed by atoms with E-state index in [0.717, 1.165) is 42.0 Å². The number of rotatable bonds is 7. The van der Waals surface area contributed by atoms with Gasteiger partial charge in [0.1, 0.15) is 18.1 Å². The number of alkyl halides is 3. The topological polar surface area (TPSA) is 101 Å².